The first-order chi connectivity index (χ1) is 15.1. The fourth-order valence-electron chi connectivity index (χ4n) is 3.59. The number of para-hydroxylation sites is 2. The third-order valence-electron chi connectivity index (χ3n) is 5.26. The maximum Gasteiger partial charge on any atom is 0.317 e. The Morgan fingerprint density at radius 1 is 1.00 bits per heavy atom. The summed E-state index contributed by atoms with van der Waals surface area (Å²) in [4.78, 5) is 41.3. The van der Waals surface area contributed by atoms with Crippen LogP contribution < -0.4 is 15.1 Å². The number of non-ortho nitro benzene ring substituents is 1. The monoisotopic (exact) mass is 439 g/mol. The molecule has 0 spiro atoms. The summed E-state index contributed by atoms with van der Waals surface area (Å²) in [5.41, 5.74) is 1.67. The molecule has 3 amide bonds. The molecule has 9 heteroatoms. The predicted octanol–water partition coefficient (Wildman–Crippen LogP) is 3.50. The molecule has 1 N–H and O–H groups in total. The van der Waals surface area contributed by atoms with Crippen molar-refractivity contribution in [3.63, 3.8) is 0 Å². The van der Waals surface area contributed by atoms with Gasteiger partial charge in [0.25, 0.3) is 11.6 Å². The van der Waals surface area contributed by atoms with Crippen LogP contribution in [0.3, 0.4) is 0 Å². The topological polar surface area (TPSA) is 99.0 Å². The van der Waals surface area contributed by atoms with Gasteiger partial charge in [0.1, 0.15) is 0 Å². The quantitative estimate of drug-likeness (QED) is 0.581. The third-order valence-corrected chi connectivity index (χ3v) is 5.26. The van der Waals surface area contributed by atoms with Gasteiger partial charge in [0.05, 0.1) is 16.3 Å². The second-order valence-corrected chi connectivity index (χ2v) is 8.81. The molecule has 1 fully saturated rings. The van der Waals surface area contributed by atoms with E-state index in [-0.39, 0.29) is 23.2 Å². The molecule has 3 rings (SSSR count). The number of nitro benzene ring substituents is 1. The lowest BCUT2D eigenvalue weighted by Crippen LogP contribution is -2.55. The number of anilines is 2. The largest absolute Gasteiger partial charge is 0.366 e. The summed E-state index contributed by atoms with van der Waals surface area (Å²) in [6, 6.07) is 13.1. The summed E-state index contributed by atoms with van der Waals surface area (Å²) >= 11 is 0. The van der Waals surface area contributed by atoms with Crippen LogP contribution in [-0.2, 0) is 0 Å². The summed E-state index contributed by atoms with van der Waals surface area (Å²) < 4.78 is 0. The summed E-state index contributed by atoms with van der Waals surface area (Å²) in [5, 5.41) is 13.9. The number of carbonyl (C=O) groups excluding carboxylic acids is 2. The van der Waals surface area contributed by atoms with E-state index in [0.29, 0.717) is 31.7 Å². The number of carbonyl (C=O) groups is 2. The van der Waals surface area contributed by atoms with Crippen molar-refractivity contribution in [2.45, 2.75) is 26.3 Å². The lowest BCUT2D eigenvalue weighted by atomic mass is 10.1. The number of hydrogen-bond acceptors (Lipinski definition) is 5. The van der Waals surface area contributed by atoms with Crippen molar-refractivity contribution in [2.75, 3.05) is 43.0 Å². The number of hydrogen-bond donors (Lipinski definition) is 1. The van der Waals surface area contributed by atoms with E-state index in [1.165, 1.54) is 24.3 Å². The minimum absolute atomic E-state index is 0.0574. The molecule has 0 bridgehead atoms. The molecule has 2 aromatic rings. The van der Waals surface area contributed by atoms with Gasteiger partial charge >= 0.3 is 6.03 Å². The van der Waals surface area contributed by atoms with Gasteiger partial charge in [-0.2, -0.15) is 0 Å². The van der Waals surface area contributed by atoms with Crippen molar-refractivity contribution >= 4 is 29.0 Å². The van der Waals surface area contributed by atoms with Crippen LogP contribution in [0.5, 0.6) is 0 Å². The van der Waals surface area contributed by atoms with E-state index in [4.69, 9.17) is 0 Å². The predicted molar refractivity (Wildman–Crippen MR) is 124 cm³/mol. The van der Waals surface area contributed by atoms with Gasteiger partial charge in [-0.1, -0.05) is 12.1 Å². The molecule has 32 heavy (non-hydrogen) atoms. The van der Waals surface area contributed by atoms with E-state index >= 15 is 0 Å². The summed E-state index contributed by atoms with van der Waals surface area (Å²) in [7, 11) is 1.69. The van der Waals surface area contributed by atoms with Gasteiger partial charge in [0.15, 0.2) is 0 Å². The van der Waals surface area contributed by atoms with Crippen LogP contribution in [0.15, 0.2) is 48.5 Å². The lowest BCUT2D eigenvalue weighted by Gasteiger charge is -2.38. The molecule has 0 radical (unpaired) electrons. The van der Waals surface area contributed by atoms with Crippen LogP contribution in [-0.4, -0.2) is 60.5 Å². The Hall–Kier alpha value is -3.62. The highest BCUT2D eigenvalue weighted by Crippen LogP contribution is 2.30. The molecule has 1 heterocycles. The first kappa shape index (κ1) is 23.1. The van der Waals surface area contributed by atoms with Crippen LogP contribution in [0.2, 0.25) is 0 Å². The molecule has 0 saturated carbocycles. The van der Waals surface area contributed by atoms with Crippen LogP contribution in [0.25, 0.3) is 0 Å². The van der Waals surface area contributed by atoms with Crippen LogP contribution in [0, 0.1) is 10.1 Å². The first-order valence-electron chi connectivity index (χ1n) is 10.5. The Balaban J connectivity index is 1.73. The number of amides is 3. The molecular weight excluding hydrogens is 410 g/mol. The van der Waals surface area contributed by atoms with Gasteiger partial charge in [-0.05, 0) is 45.0 Å². The van der Waals surface area contributed by atoms with Crippen molar-refractivity contribution in [3.8, 4) is 0 Å². The van der Waals surface area contributed by atoms with E-state index in [1.807, 2.05) is 45.0 Å². The maximum atomic E-state index is 13.0. The smallest absolute Gasteiger partial charge is 0.317 e. The maximum absolute atomic E-state index is 13.0. The SMILES string of the molecule is CN(C(=O)c1ccc([N+](=O)[O-])cc1)c1ccccc1N1CCN(C(=O)NC(C)(C)C)CC1. The summed E-state index contributed by atoms with van der Waals surface area (Å²) in [5.74, 6) is -0.254. The lowest BCUT2D eigenvalue weighted by molar-refractivity contribution is -0.384. The van der Waals surface area contributed by atoms with Gasteiger partial charge in [-0.25, -0.2) is 4.79 Å². The Morgan fingerprint density at radius 2 is 1.59 bits per heavy atom. The van der Waals surface area contributed by atoms with E-state index < -0.39 is 4.92 Å². The number of nitrogens with zero attached hydrogens (tertiary/aromatic N) is 4. The molecule has 170 valence electrons. The summed E-state index contributed by atoms with van der Waals surface area (Å²) in [6.45, 7) is 8.31. The molecule has 0 aliphatic carbocycles. The Bertz CT molecular complexity index is 992. The Labute approximate surface area is 187 Å². The second kappa shape index (κ2) is 9.25. The highest BCUT2D eigenvalue weighted by atomic mass is 16.6. The highest BCUT2D eigenvalue weighted by Gasteiger charge is 2.26. The van der Waals surface area contributed by atoms with E-state index in [9.17, 15) is 19.7 Å². The zero-order chi connectivity index (χ0) is 23.5. The first-order valence-corrected chi connectivity index (χ1v) is 10.5. The van der Waals surface area contributed by atoms with Gasteiger partial charge in [-0.3, -0.25) is 14.9 Å². The average molecular weight is 440 g/mol. The number of benzene rings is 2. The zero-order valence-corrected chi connectivity index (χ0v) is 18.9. The van der Waals surface area contributed by atoms with E-state index in [2.05, 4.69) is 10.2 Å². The van der Waals surface area contributed by atoms with Crippen molar-refractivity contribution in [1.29, 1.82) is 0 Å². The van der Waals surface area contributed by atoms with Gasteiger partial charge in [0.2, 0.25) is 0 Å². The molecule has 1 aliphatic heterocycles. The van der Waals surface area contributed by atoms with Crippen LogP contribution in [0.4, 0.5) is 21.9 Å². The highest BCUT2D eigenvalue weighted by molar-refractivity contribution is 6.07. The van der Waals surface area contributed by atoms with Crippen molar-refractivity contribution in [1.82, 2.24) is 10.2 Å². The number of nitro groups is 1. The van der Waals surface area contributed by atoms with E-state index in [0.717, 1.165) is 11.4 Å². The van der Waals surface area contributed by atoms with Crippen molar-refractivity contribution < 1.29 is 14.5 Å². The van der Waals surface area contributed by atoms with Gasteiger partial charge < -0.3 is 20.0 Å². The number of urea groups is 1. The fourth-order valence-corrected chi connectivity index (χ4v) is 3.59. The molecule has 2 aromatic carbocycles. The third kappa shape index (κ3) is 5.35. The molecule has 1 aliphatic rings. The second-order valence-electron chi connectivity index (χ2n) is 8.81. The zero-order valence-electron chi connectivity index (χ0n) is 18.9. The van der Waals surface area contributed by atoms with Crippen molar-refractivity contribution in [3.05, 3.63) is 64.2 Å². The van der Waals surface area contributed by atoms with Crippen molar-refractivity contribution in [2.24, 2.45) is 0 Å². The molecule has 0 atom stereocenters. The van der Waals surface area contributed by atoms with Crippen LogP contribution >= 0.6 is 0 Å². The minimum atomic E-state index is -0.491. The van der Waals surface area contributed by atoms with Gasteiger partial charge in [-0.15, -0.1) is 0 Å². The minimum Gasteiger partial charge on any atom is -0.366 e. The molecule has 1 saturated heterocycles. The molecule has 0 unspecified atom stereocenters. The average Bonchev–Trinajstić information content (AvgIpc) is 2.77. The molecular formula is C23H29N5O4. The molecule has 0 aromatic heterocycles. The Morgan fingerprint density at radius 3 is 2.16 bits per heavy atom. The standard InChI is InChI=1S/C23H29N5O4/c1-23(2,3)24-22(30)27-15-13-26(14-16-27)20-8-6-5-7-19(20)25(4)21(29)17-9-11-18(12-10-17)28(31)32/h5-12H,13-16H2,1-4H3,(H,24,30). The Kier molecular flexibility index (Phi) is 6.67. The fraction of sp³-hybridized carbons (Fsp3) is 0.391. The van der Waals surface area contributed by atoms with E-state index in [1.54, 1.807) is 16.8 Å². The number of piperazine rings is 1. The number of nitrogens with one attached hydrogen (secondary N) is 1. The van der Waals surface area contributed by atoms with Crippen LogP contribution in [0.1, 0.15) is 31.1 Å². The van der Waals surface area contributed by atoms with Gasteiger partial charge in [0, 0.05) is 56.5 Å². The number of rotatable bonds is 4. The normalized spacial score (nSPS) is 14.1. The summed E-state index contributed by atoms with van der Waals surface area (Å²) in [6.07, 6.45) is 0. The molecule has 9 nitrogen and oxygen atoms in total.